The van der Waals surface area contributed by atoms with E-state index in [0.29, 0.717) is 13.0 Å². The van der Waals surface area contributed by atoms with Gasteiger partial charge in [0.1, 0.15) is 6.29 Å². The fourth-order valence-electron chi connectivity index (χ4n) is 0.831. The van der Waals surface area contributed by atoms with Crippen LogP contribution in [0.2, 0.25) is 0 Å². The molecule has 6 nitrogen and oxygen atoms in total. The number of nitrogens with two attached hydrogens (primary N) is 3. The van der Waals surface area contributed by atoms with Crippen LogP contribution in [0.3, 0.4) is 0 Å². The van der Waals surface area contributed by atoms with Gasteiger partial charge in [0.15, 0.2) is 0 Å². The molecular formula is C7H17N5O. The number of rotatable bonds is 6. The molecule has 0 saturated heterocycles. The molecule has 0 aromatic heterocycles. The normalized spacial score (nSPS) is 12.9. The second-order valence-corrected chi connectivity index (χ2v) is 2.72. The minimum atomic E-state index is -0.562. The summed E-state index contributed by atoms with van der Waals surface area (Å²) in [5.74, 6) is -0.378. The maximum atomic E-state index is 10.8. The summed E-state index contributed by atoms with van der Waals surface area (Å²) in [6.07, 6.45) is 0.759. The Kier molecular flexibility index (Phi) is 6.25. The van der Waals surface area contributed by atoms with E-state index in [1.807, 2.05) is 0 Å². The standard InChI is InChI=1S/C7H17N5O/c1-11-6(13)5(8)3-2-4-12-7(9)10/h5,7,12H,1-4,8-10H2/t5-/m0/s1. The second-order valence-electron chi connectivity index (χ2n) is 2.72. The van der Waals surface area contributed by atoms with E-state index in [1.54, 1.807) is 0 Å². The lowest BCUT2D eigenvalue weighted by atomic mass is 10.1. The Morgan fingerprint density at radius 2 is 2.08 bits per heavy atom. The molecular weight excluding hydrogens is 170 g/mol. The Balaban J connectivity index is 3.42. The largest absolute Gasteiger partial charge is 0.320 e. The first kappa shape index (κ1) is 12.2. The van der Waals surface area contributed by atoms with Crippen molar-refractivity contribution in [2.45, 2.75) is 25.2 Å². The zero-order chi connectivity index (χ0) is 10.3. The summed E-state index contributed by atoms with van der Waals surface area (Å²) in [5, 5.41) is 2.80. The van der Waals surface area contributed by atoms with Crippen molar-refractivity contribution in [2.24, 2.45) is 22.2 Å². The van der Waals surface area contributed by atoms with E-state index in [9.17, 15) is 4.79 Å². The fraction of sp³-hybridized carbons (Fsp3) is 0.714. The van der Waals surface area contributed by atoms with Crippen molar-refractivity contribution >= 4 is 12.6 Å². The van der Waals surface area contributed by atoms with Crippen LogP contribution in [0, 0.1) is 0 Å². The monoisotopic (exact) mass is 187 g/mol. The first-order chi connectivity index (χ1) is 6.07. The van der Waals surface area contributed by atoms with Gasteiger partial charge in [-0.2, -0.15) is 0 Å². The molecule has 76 valence electrons. The Labute approximate surface area is 77.6 Å². The number of hydrogen-bond acceptors (Lipinski definition) is 5. The molecule has 0 bridgehead atoms. The zero-order valence-corrected chi connectivity index (χ0v) is 7.57. The lowest BCUT2D eigenvalue weighted by Gasteiger charge is -2.09. The van der Waals surface area contributed by atoms with Gasteiger partial charge >= 0.3 is 0 Å². The first-order valence-electron chi connectivity index (χ1n) is 4.08. The highest BCUT2D eigenvalue weighted by Gasteiger charge is 2.09. The number of carbonyl (C=O) groups excluding carboxylic acids is 1. The van der Waals surface area contributed by atoms with Crippen molar-refractivity contribution in [1.82, 2.24) is 5.32 Å². The molecule has 7 N–H and O–H groups in total. The van der Waals surface area contributed by atoms with Gasteiger partial charge in [-0.3, -0.25) is 10.1 Å². The Morgan fingerprint density at radius 3 is 2.54 bits per heavy atom. The van der Waals surface area contributed by atoms with Crippen molar-refractivity contribution in [2.75, 3.05) is 6.54 Å². The highest BCUT2D eigenvalue weighted by atomic mass is 16.1. The highest BCUT2D eigenvalue weighted by Crippen LogP contribution is 1.94. The summed E-state index contributed by atoms with van der Waals surface area (Å²) < 4.78 is 0. The number of nitrogens with one attached hydrogen (secondary N) is 1. The third kappa shape index (κ3) is 6.35. The molecule has 0 spiro atoms. The van der Waals surface area contributed by atoms with E-state index in [4.69, 9.17) is 17.2 Å². The molecule has 6 heteroatoms. The van der Waals surface area contributed by atoms with Crippen LogP contribution in [-0.4, -0.2) is 31.5 Å². The van der Waals surface area contributed by atoms with Crippen molar-refractivity contribution in [3.05, 3.63) is 0 Å². The zero-order valence-electron chi connectivity index (χ0n) is 7.57. The number of amides is 1. The molecule has 0 unspecified atom stereocenters. The third-order valence-corrected chi connectivity index (χ3v) is 1.54. The van der Waals surface area contributed by atoms with Gasteiger partial charge in [0.2, 0.25) is 0 Å². The summed E-state index contributed by atoms with van der Waals surface area (Å²) >= 11 is 0. The van der Waals surface area contributed by atoms with Crippen LogP contribution in [0.1, 0.15) is 12.8 Å². The van der Waals surface area contributed by atoms with Crippen LogP contribution < -0.4 is 22.5 Å². The fourth-order valence-corrected chi connectivity index (χ4v) is 0.831. The topological polar surface area (TPSA) is 120 Å². The van der Waals surface area contributed by atoms with Crippen molar-refractivity contribution in [3.63, 3.8) is 0 Å². The van der Waals surface area contributed by atoms with Gasteiger partial charge in [-0.05, 0) is 26.1 Å². The van der Waals surface area contributed by atoms with Crippen LogP contribution in [0.25, 0.3) is 0 Å². The summed E-state index contributed by atoms with van der Waals surface area (Å²) in [4.78, 5) is 14.0. The lowest BCUT2D eigenvalue weighted by Crippen LogP contribution is -2.45. The minimum Gasteiger partial charge on any atom is -0.320 e. The third-order valence-electron chi connectivity index (χ3n) is 1.54. The van der Waals surface area contributed by atoms with E-state index < -0.39 is 12.3 Å². The number of hydrogen-bond donors (Lipinski definition) is 4. The van der Waals surface area contributed by atoms with Gasteiger partial charge in [0.25, 0.3) is 5.91 Å². The van der Waals surface area contributed by atoms with E-state index in [0.717, 1.165) is 6.42 Å². The summed E-state index contributed by atoms with van der Waals surface area (Å²) in [5.41, 5.74) is 15.9. The number of carbonyl (C=O) groups is 1. The van der Waals surface area contributed by atoms with Crippen LogP contribution in [0.4, 0.5) is 0 Å². The predicted octanol–water partition coefficient (Wildman–Crippen LogP) is -1.89. The number of aliphatic imine (C=N–C) groups is 1. The SMILES string of the molecule is C=NC(=O)[C@@H](N)CCCNC(N)N. The average molecular weight is 187 g/mol. The van der Waals surface area contributed by atoms with Gasteiger partial charge in [-0.25, -0.2) is 4.99 Å². The average Bonchev–Trinajstić information content (AvgIpc) is 2.10. The van der Waals surface area contributed by atoms with Crippen molar-refractivity contribution < 1.29 is 4.79 Å². The molecule has 0 rings (SSSR count). The van der Waals surface area contributed by atoms with E-state index in [-0.39, 0.29) is 5.91 Å². The van der Waals surface area contributed by atoms with Gasteiger partial charge < -0.3 is 17.2 Å². The second kappa shape index (κ2) is 6.67. The Bertz CT molecular complexity index is 170. The van der Waals surface area contributed by atoms with Crippen LogP contribution in [-0.2, 0) is 4.79 Å². The molecule has 0 aliphatic rings. The maximum absolute atomic E-state index is 10.8. The summed E-state index contributed by atoms with van der Waals surface area (Å²) in [6.45, 7) is 3.74. The molecule has 0 aliphatic carbocycles. The van der Waals surface area contributed by atoms with E-state index in [1.165, 1.54) is 0 Å². The molecule has 0 heterocycles. The molecule has 0 saturated carbocycles. The van der Waals surface area contributed by atoms with Crippen LogP contribution in [0.15, 0.2) is 4.99 Å². The molecule has 0 aromatic rings. The van der Waals surface area contributed by atoms with Gasteiger partial charge in [0, 0.05) is 0 Å². The van der Waals surface area contributed by atoms with E-state index >= 15 is 0 Å². The predicted molar refractivity (Wildman–Crippen MR) is 51.9 cm³/mol. The number of nitrogens with zero attached hydrogens (tertiary/aromatic N) is 1. The quantitative estimate of drug-likeness (QED) is 0.220. The molecule has 0 aromatic carbocycles. The van der Waals surface area contributed by atoms with Crippen molar-refractivity contribution in [3.8, 4) is 0 Å². The molecule has 1 amide bonds. The molecule has 0 radical (unpaired) electrons. The van der Waals surface area contributed by atoms with Gasteiger partial charge in [-0.1, -0.05) is 0 Å². The Hall–Kier alpha value is -0.820. The van der Waals surface area contributed by atoms with Crippen molar-refractivity contribution in [1.29, 1.82) is 0 Å². The first-order valence-corrected chi connectivity index (χ1v) is 4.08. The smallest absolute Gasteiger partial charge is 0.261 e. The van der Waals surface area contributed by atoms with Crippen LogP contribution in [0.5, 0.6) is 0 Å². The van der Waals surface area contributed by atoms with Crippen LogP contribution >= 0.6 is 0 Å². The molecule has 13 heavy (non-hydrogen) atoms. The minimum absolute atomic E-state index is 0.378. The summed E-state index contributed by atoms with van der Waals surface area (Å²) in [6, 6.07) is -0.562. The van der Waals surface area contributed by atoms with Gasteiger partial charge in [0.05, 0.1) is 6.04 Å². The lowest BCUT2D eigenvalue weighted by molar-refractivity contribution is -0.119. The molecule has 1 atom stereocenters. The molecule has 0 aliphatic heterocycles. The highest BCUT2D eigenvalue weighted by molar-refractivity contribution is 5.85. The van der Waals surface area contributed by atoms with Gasteiger partial charge in [-0.15, -0.1) is 0 Å². The molecule has 0 fully saturated rings. The maximum Gasteiger partial charge on any atom is 0.261 e. The summed E-state index contributed by atoms with van der Waals surface area (Å²) in [7, 11) is 0. The Morgan fingerprint density at radius 1 is 1.46 bits per heavy atom. The van der Waals surface area contributed by atoms with E-state index in [2.05, 4.69) is 17.0 Å².